The highest BCUT2D eigenvalue weighted by atomic mass is 35.5. The zero-order valence-electron chi connectivity index (χ0n) is 7.13. The van der Waals surface area contributed by atoms with Gasteiger partial charge in [0.05, 0.1) is 5.69 Å². The third-order valence-electron chi connectivity index (χ3n) is 1.96. The first-order chi connectivity index (χ1) is 6.29. The Hall–Kier alpha value is -1.28. The quantitative estimate of drug-likeness (QED) is 0.738. The van der Waals surface area contributed by atoms with Gasteiger partial charge in [0, 0.05) is 5.56 Å². The molecular formula is C10H8ClN2. The number of nitrogens with one attached hydrogen (secondary N) is 1. The van der Waals surface area contributed by atoms with Crippen LogP contribution in [0.15, 0.2) is 24.3 Å². The molecule has 1 N–H and O–H groups in total. The molecule has 2 nitrogen and oxygen atoms in total. The monoisotopic (exact) mass is 191 g/mol. The highest BCUT2D eigenvalue weighted by molar-refractivity contribution is 6.30. The number of rotatable bonds is 1. The molecule has 65 valence electrons. The molecule has 0 bridgehead atoms. The van der Waals surface area contributed by atoms with E-state index >= 15 is 0 Å². The molecule has 0 aliphatic heterocycles. The number of H-pyrrole nitrogens is 1. The van der Waals surface area contributed by atoms with Gasteiger partial charge in [0.2, 0.25) is 0 Å². The summed E-state index contributed by atoms with van der Waals surface area (Å²) in [5.74, 6) is 0. The molecule has 13 heavy (non-hydrogen) atoms. The van der Waals surface area contributed by atoms with E-state index < -0.39 is 0 Å². The lowest BCUT2D eigenvalue weighted by Gasteiger charge is -1.97. The first-order valence-electron chi connectivity index (χ1n) is 3.96. The largest absolute Gasteiger partial charge is 0.276 e. The summed E-state index contributed by atoms with van der Waals surface area (Å²) < 4.78 is 0. The molecule has 0 atom stereocenters. The Morgan fingerprint density at radius 2 is 2.08 bits per heavy atom. The fourth-order valence-electron chi connectivity index (χ4n) is 1.21. The van der Waals surface area contributed by atoms with Gasteiger partial charge in [-0.15, -0.1) is 0 Å². The minimum atomic E-state index is 0.530. The number of aromatic amines is 1. The number of hydrogen-bond donors (Lipinski definition) is 1. The highest BCUT2D eigenvalue weighted by Gasteiger charge is 2.07. The van der Waals surface area contributed by atoms with E-state index in [0.29, 0.717) is 5.15 Å². The van der Waals surface area contributed by atoms with Crippen LogP contribution in [0.25, 0.3) is 11.3 Å². The van der Waals surface area contributed by atoms with Crippen LogP contribution in [0, 0.1) is 13.0 Å². The fraction of sp³-hybridized carbons (Fsp3) is 0.100. The van der Waals surface area contributed by atoms with Crippen molar-refractivity contribution in [3.8, 4) is 11.3 Å². The summed E-state index contributed by atoms with van der Waals surface area (Å²) in [5, 5.41) is 7.35. The molecule has 0 fully saturated rings. The van der Waals surface area contributed by atoms with Crippen LogP contribution in [0.1, 0.15) is 5.56 Å². The summed E-state index contributed by atoms with van der Waals surface area (Å²) in [6, 6.07) is 10.6. The lowest BCUT2D eigenvalue weighted by molar-refractivity contribution is 1.10. The van der Waals surface area contributed by atoms with E-state index in [1.165, 1.54) is 0 Å². The first kappa shape index (κ1) is 8.32. The van der Waals surface area contributed by atoms with Crippen LogP contribution in [0.4, 0.5) is 0 Å². The minimum absolute atomic E-state index is 0.530. The van der Waals surface area contributed by atoms with E-state index in [0.717, 1.165) is 16.8 Å². The second-order valence-corrected chi connectivity index (χ2v) is 3.16. The van der Waals surface area contributed by atoms with Crippen LogP contribution < -0.4 is 0 Å². The Labute approximate surface area is 81.6 Å². The zero-order valence-corrected chi connectivity index (χ0v) is 7.89. The van der Waals surface area contributed by atoms with Crippen molar-refractivity contribution < 1.29 is 0 Å². The Kier molecular flexibility index (Phi) is 2.07. The van der Waals surface area contributed by atoms with Gasteiger partial charge in [-0.25, -0.2) is 0 Å². The standard InChI is InChI=1S/C10H8ClN2/c1-7-9(12-13-10(7)11)8-5-3-2-4-6-8/h3-6H,1H3,(H,12,13). The van der Waals surface area contributed by atoms with Crippen LogP contribution in [0.2, 0.25) is 5.15 Å². The van der Waals surface area contributed by atoms with Gasteiger partial charge in [-0.3, -0.25) is 5.10 Å². The van der Waals surface area contributed by atoms with Crippen molar-refractivity contribution in [1.29, 1.82) is 0 Å². The van der Waals surface area contributed by atoms with E-state index in [9.17, 15) is 0 Å². The predicted molar refractivity (Wildman–Crippen MR) is 52.6 cm³/mol. The molecule has 3 heteroatoms. The lowest BCUT2D eigenvalue weighted by atomic mass is 10.1. The average Bonchev–Trinajstić information content (AvgIpc) is 2.49. The molecule has 1 heterocycles. The zero-order chi connectivity index (χ0) is 9.26. The normalized spacial score (nSPS) is 10.3. The maximum Gasteiger partial charge on any atom is 0.154 e. The van der Waals surface area contributed by atoms with Gasteiger partial charge in [0.25, 0.3) is 0 Å². The van der Waals surface area contributed by atoms with Gasteiger partial charge in [-0.2, -0.15) is 5.10 Å². The minimum Gasteiger partial charge on any atom is -0.276 e. The van der Waals surface area contributed by atoms with E-state index in [1.54, 1.807) is 0 Å². The predicted octanol–water partition coefficient (Wildman–Crippen LogP) is 2.84. The lowest BCUT2D eigenvalue weighted by Crippen LogP contribution is -1.79. The van der Waals surface area contributed by atoms with Crippen LogP contribution in [-0.4, -0.2) is 10.2 Å². The fourth-order valence-corrected chi connectivity index (χ4v) is 1.35. The van der Waals surface area contributed by atoms with Crippen molar-refractivity contribution in [3.63, 3.8) is 0 Å². The Morgan fingerprint density at radius 3 is 2.62 bits per heavy atom. The topological polar surface area (TPSA) is 28.7 Å². The van der Waals surface area contributed by atoms with Crippen molar-refractivity contribution in [2.45, 2.75) is 6.92 Å². The number of benzene rings is 1. The summed E-state index contributed by atoms with van der Waals surface area (Å²) in [6.07, 6.45) is 0. The van der Waals surface area contributed by atoms with Crippen LogP contribution in [0.3, 0.4) is 0 Å². The molecule has 2 aromatic rings. The number of hydrogen-bond acceptors (Lipinski definition) is 1. The maximum absolute atomic E-state index is 5.83. The average molecular weight is 192 g/mol. The van der Waals surface area contributed by atoms with E-state index in [-0.39, 0.29) is 0 Å². The SMILES string of the molecule is Cc1c(Cl)n[nH]c1-c1cc[c]cc1. The van der Waals surface area contributed by atoms with E-state index in [4.69, 9.17) is 11.6 Å². The molecule has 1 aromatic heterocycles. The van der Waals surface area contributed by atoms with Crippen molar-refractivity contribution in [2.75, 3.05) is 0 Å². The molecule has 0 aliphatic rings. The third-order valence-corrected chi connectivity index (χ3v) is 2.33. The van der Waals surface area contributed by atoms with Gasteiger partial charge in [-0.1, -0.05) is 35.9 Å². The number of halogens is 1. The van der Waals surface area contributed by atoms with Gasteiger partial charge < -0.3 is 0 Å². The van der Waals surface area contributed by atoms with Crippen LogP contribution in [0.5, 0.6) is 0 Å². The molecule has 0 unspecified atom stereocenters. The van der Waals surface area contributed by atoms with Crippen molar-refractivity contribution in [1.82, 2.24) is 10.2 Å². The maximum atomic E-state index is 5.83. The Morgan fingerprint density at radius 1 is 1.38 bits per heavy atom. The van der Waals surface area contributed by atoms with Gasteiger partial charge in [0.15, 0.2) is 5.15 Å². The number of aromatic nitrogens is 2. The van der Waals surface area contributed by atoms with E-state index in [2.05, 4.69) is 16.3 Å². The van der Waals surface area contributed by atoms with Crippen molar-refractivity contribution in [3.05, 3.63) is 41.0 Å². The van der Waals surface area contributed by atoms with Gasteiger partial charge >= 0.3 is 0 Å². The van der Waals surface area contributed by atoms with Gasteiger partial charge in [0.1, 0.15) is 0 Å². The summed E-state index contributed by atoms with van der Waals surface area (Å²) >= 11 is 5.83. The molecule has 1 radical (unpaired) electrons. The van der Waals surface area contributed by atoms with Gasteiger partial charge in [-0.05, 0) is 18.6 Å². The molecule has 0 saturated heterocycles. The third kappa shape index (κ3) is 1.45. The Balaban J connectivity index is 2.53. The smallest absolute Gasteiger partial charge is 0.154 e. The summed E-state index contributed by atoms with van der Waals surface area (Å²) in [4.78, 5) is 0. The highest BCUT2D eigenvalue weighted by Crippen LogP contribution is 2.24. The second kappa shape index (κ2) is 3.23. The van der Waals surface area contributed by atoms with Crippen molar-refractivity contribution >= 4 is 11.6 Å². The molecule has 0 aliphatic carbocycles. The molecule has 1 aromatic carbocycles. The Bertz CT molecular complexity index is 406. The molecular weight excluding hydrogens is 184 g/mol. The van der Waals surface area contributed by atoms with Crippen LogP contribution in [-0.2, 0) is 0 Å². The summed E-state index contributed by atoms with van der Waals surface area (Å²) in [6.45, 7) is 1.94. The molecule has 0 spiro atoms. The summed E-state index contributed by atoms with van der Waals surface area (Å²) in [5.41, 5.74) is 3.03. The molecule has 0 amide bonds. The van der Waals surface area contributed by atoms with Crippen LogP contribution >= 0.6 is 11.6 Å². The molecule has 0 saturated carbocycles. The summed E-state index contributed by atoms with van der Waals surface area (Å²) in [7, 11) is 0. The van der Waals surface area contributed by atoms with E-state index in [1.807, 2.05) is 31.2 Å². The van der Waals surface area contributed by atoms with Crippen molar-refractivity contribution in [2.24, 2.45) is 0 Å². The second-order valence-electron chi connectivity index (χ2n) is 2.80. The molecule has 2 rings (SSSR count). The number of nitrogens with zero attached hydrogens (tertiary/aromatic N) is 1. The first-order valence-corrected chi connectivity index (χ1v) is 4.34.